The average molecular weight is 437 g/mol. The van der Waals surface area contributed by atoms with Gasteiger partial charge in [0.15, 0.2) is 0 Å². The van der Waals surface area contributed by atoms with E-state index in [9.17, 15) is 4.79 Å². The topological polar surface area (TPSA) is 42.0 Å². The van der Waals surface area contributed by atoms with Gasteiger partial charge in [0.25, 0.3) is 0 Å². The molecular formula is C27H36N2O3. The number of methoxy groups -OCH3 is 1. The Bertz CT molecular complexity index is 895. The summed E-state index contributed by atoms with van der Waals surface area (Å²) < 4.78 is 11.2. The zero-order chi connectivity index (χ0) is 22.6. The number of rotatable bonds is 6. The highest BCUT2D eigenvalue weighted by Gasteiger charge is 2.43. The quantitative estimate of drug-likeness (QED) is 0.679. The molecule has 32 heavy (non-hydrogen) atoms. The highest BCUT2D eigenvalue weighted by atomic mass is 16.5. The third kappa shape index (κ3) is 4.84. The molecule has 0 aromatic heterocycles. The minimum absolute atomic E-state index is 0.326. The van der Waals surface area contributed by atoms with Gasteiger partial charge in [-0.3, -0.25) is 4.79 Å². The fraction of sp³-hybridized carbons (Fsp3) is 0.519. The first-order valence-electron chi connectivity index (χ1n) is 11.8. The van der Waals surface area contributed by atoms with E-state index in [-0.39, 0.29) is 5.41 Å². The van der Waals surface area contributed by atoms with Gasteiger partial charge in [0.1, 0.15) is 5.75 Å². The maximum absolute atomic E-state index is 13.8. The van der Waals surface area contributed by atoms with E-state index in [0.29, 0.717) is 25.2 Å². The summed E-state index contributed by atoms with van der Waals surface area (Å²) in [4.78, 5) is 18.2. The number of carbonyl (C=O) groups excluding carboxylic acids is 1. The van der Waals surface area contributed by atoms with Crippen molar-refractivity contribution in [2.24, 2.45) is 5.41 Å². The Morgan fingerprint density at radius 2 is 1.72 bits per heavy atom. The molecule has 0 aliphatic carbocycles. The van der Waals surface area contributed by atoms with Crippen LogP contribution in [0, 0.1) is 5.41 Å². The van der Waals surface area contributed by atoms with Crippen LogP contribution in [0.15, 0.2) is 48.5 Å². The molecule has 5 nitrogen and oxygen atoms in total. The number of nitrogens with zero attached hydrogens (tertiary/aromatic N) is 2. The van der Waals surface area contributed by atoms with Crippen LogP contribution >= 0.6 is 0 Å². The second-order valence-corrected chi connectivity index (χ2v) is 9.45. The van der Waals surface area contributed by atoms with Gasteiger partial charge >= 0.3 is 0 Å². The molecule has 5 heteroatoms. The number of hydrogen-bond donors (Lipinski definition) is 0. The van der Waals surface area contributed by atoms with Gasteiger partial charge < -0.3 is 19.3 Å². The molecule has 0 spiro atoms. The van der Waals surface area contributed by atoms with Crippen LogP contribution in [-0.2, 0) is 16.0 Å². The SMILES string of the molecule is COc1ccccc1-c1ccc(CC2(C(=O)N3CCC(N(C)C)CC3)CCOCC2)cc1. The largest absolute Gasteiger partial charge is 0.496 e. The molecule has 1 amide bonds. The Morgan fingerprint density at radius 3 is 2.34 bits per heavy atom. The van der Waals surface area contributed by atoms with Crippen molar-refractivity contribution in [1.29, 1.82) is 0 Å². The standard InChI is InChI=1S/C27H36N2O3/c1-28(2)23-12-16-29(17-13-23)26(30)27(14-18-32-19-15-27)20-21-8-10-22(11-9-21)24-6-4-5-7-25(24)31-3/h4-11,23H,12-20H2,1-3H3. The van der Waals surface area contributed by atoms with Gasteiger partial charge in [-0.05, 0) is 63.4 Å². The molecule has 2 saturated heterocycles. The predicted octanol–water partition coefficient (Wildman–Crippen LogP) is 4.25. The summed E-state index contributed by atoms with van der Waals surface area (Å²) in [6.45, 7) is 3.05. The summed E-state index contributed by atoms with van der Waals surface area (Å²) in [5.74, 6) is 1.20. The third-order valence-electron chi connectivity index (χ3n) is 7.30. The maximum Gasteiger partial charge on any atom is 0.229 e. The lowest BCUT2D eigenvalue weighted by Crippen LogP contribution is -2.52. The molecule has 2 aliphatic heterocycles. The summed E-state index contributed by atoms with van der Waals surface area (Å²) in [5.41, 5.74) is 3.07. The second-order valence-electron chi connectivity index (χ2n) is 9.45. The van der Waals surface area contributed by atoms with Crippen molar-refractivity contribution in [1.82, 2.24) is 9.80 Å². The zero-order valence-corrected chi connectivity index (χ0v) is 19.7. The van der Waals surface area contributed by atoms with Crippen molar-refractivity contribution in [2.45, 2.75) is 38.1 Å². The minimum Gasteiger partial charge on any atom is -0.496 e. The number of amides is 1. The number of benzene rings is 2. The van der Waals surface area contributed by atoms with Crippen molar-refractivity contribution in [2.75, 3.05) is 47.5 Å². The fourth-order valence-electron chi connectivity index (χ4n) is 5.23. The Labute approximate surface area is 192 Å². The normalized spacial score (nSPS) is 19.2. The van der Waals surface area contributed by atoms with Gasteiger partial charge in [-0.2, -0.15) is 0 Å². The van der Waals surface area contributed by atoms with Gasteiger partial charge in [-0.25, -0.2) is 0 Å². The average Bonchev–Trinajstić information content (AvgIpc) is 2.84. The van der Waals surface area contributed by atoms with Crippen LogP contribution in [0.5, 0.6) is 5.75 Å². The molecular weight excluding hydrogens is 400 g/mol. The van der Waals surface area contributed by atoms with Crippen molar-refractivity contribution < 1.29 is 14.3 Å². The van der Waals surface area contributed by atoms with E-state index in [0.717, 1.165) is 62.1 Å². The summed E-state index contributed by atoms with van der Waals surface area (Å²) in [7, 11) is 5.97. The summed E-state index contributed by atoms with van der Waals surface area (Å²) in [5, 5.41) is 0. The molecule has 0 bridgehead atoms. The molecule has 2 aliphatic rings. The van der Waals surface area contributed by atoms with E-state index >= 15 is 0 Å². The maximum atomic E-state index is 13.8. The lowest BCUT2D eigenvalue weighted by atomic mass is 9.73. The number of likely N-dealkylation sites (tertiary alicyclic amines) is 1. The highest BCUT2D eigenvalue weighted by Crippen LogP contribution is 2.38. The molecule has 0 unspecified atom stereocenters. The molecule has 0 N–H and O–H groups in total. The minimum atomic E-state index is -0.352. The van der Waals surface area contributed by atoms with Crippen molar-refractivity contribution in [3.63, 3.8) is 0 Å². The second kappa shape index (κ2) is 10.1. The van der Waals surface area contributed by atoms with Crippen LogP contribution in [0.25, 0.3) is 11.1 Å². The number of hydrogen-bond acceptors (Lipinski definition) is 4. The summed E-state index contributed by atoms with van der Waals surface area (Å²) >= 11 is 0. The van der Waals surface area contributed by atoms with Crippen molar-refractivity contribution >= 4 is 5.91 Å². The lowest BCUT2D eigenvalue weighted by Gasteiger charge is -2.43. The summed E-state index contributed by atoms with van der Waals surface area (Å²) in [6.07, 6.45) is 4.48. The van der Waals surface area contributed by atoms with Gasteiger partial charge in [-0.15, -0.1) is 0 Å². The van der Waals surface area contributed by atoms with Crippen molar-refractivity contribution in [3.8, 4) is 16.9 Å². The predicted molar refractivity (Wildman–Crippen MR) is 128 cm³/mol. The number of piperidine rings is 1. The van der Waals surface area contributed by atoms with E-state index in [4.69, 9.17) is 9.47 Å². The smallest absolute Gasteiger partial charge is 0.229 e. The van der Waals surface area contributed by atoms with Crippen LogP contribution in [0.1, 0.15) is 31.2 Å². The molecule has 2 fully saturated rings. The van der Waals surface area contributed by atoms with Gasteiger partial charge in [0, 0.05) is 37.9 Å². The van der Waals surface area contributed by atoms with Crippen LogP contribution in [0.4, 0.5) is 0 Å². The van der Waals surface area contributed by atoms with Crippen molar-refractivity contribution in [3.05, 3.63) is 54.1 Å². The number of ether oxygens (including phenoxy) is 2. The van der Waals surface area contributed by atoms with E-state index in [2.05, 4.69) is 54.2 Å². The molecule has 172 valence electrons. The van der Waals surface area contributed by atoms with E-state index in [1.165, 1.54) is 5.56 Å². The van der Waals surface area contributed by atoms with Gasteiger partial charge in [0.05, 0.1) is 12.5 Å². The van der Waals surface area contributed by atoms with E-state index in [1.807, 2.05) is 18.2 Å². The lowest BCUT2D eigenvalue weighted by molar-refractivity contribution is -0.149. The molecule has 2 aromatic rings. The Morgan fingerprint density at radius 1 is 1.06 bits per heavy atom. The summed E-state index contributed by atoms with van der Waals surface area (Å²) in [6, 6.07) is 17.3. The fourth-order valence-corrected chi connectivity index (χ4v) is 5.23. The highest BCUT2D eigenvalue weighted by molar-refractivity contribution is 5.83. The Kier molecular flexibility index (Phi) is 7.17. The van der Waals surface area contributed by atoms with Crippen LogP contribution in [0.3, 0.4) is 0 Å². The monoisotopic (exact) mass is 436 g/mol. The van der Waals surface area contributed by atoms with Gasteiger partial charge in [-0.1, -0.05) is 42.5 Å². The third-order valence-corrected chi connectivity index (χ3v) is 7.30. The molecule has 0 atom stereocenters. The molecule has 4 rings (SSSR count). The Balaban J connectivity index is 1.51. The first-order chi connectivity index (χ1) is 15.5. The zero-order valence-electron chi connectivity index (χ0n) is 19.7. The molecule has 2 heterocycles. The Hall–Kier alpha value is -2.37. The number of para-hydroxylation sites is 1. The first kappa shape index (κ1) is 22.8. The molecule has 0 radical (unpaired) electrons. The van der Waals surface area contributed by atoms with E-state index in [1.54, 1.807) is 7.11 Å². The van der Waals surface area contributed by atoms with Crippen LogP contribution in [-0.4, -0.2) is 69.3 Å². The van der Waals surface area contributed by atoms with Gasteiger partial charge in [0.2, 0.25) is 5.91 Å². The van der Waals surface area contributed by atoms with Crippen LogP contribution in [0.2, 0.25) is 0 Å². The van der Waals surface area contributed by atoms with E-state index < -0.39 is 0 Å². The molecule has 2 aromatic carbocycles. The van der Waals surface area contributed by atoms with Crippen LogP contribution < -0.4 is 4.74 Å². The molecule has 0 saturated carbocycles. The first-order valence-corrected chi connectivity index (χ1v) is 11.8. The number of carbonyl (C=O) groups is 1.